The fourth-order valence-electron chi connectivity index (χ4n) is 2.92. The Morgan fingerprint density at radius 3 is 2.12 bits per heavy atom. The van der Waals surface area contributed by atoms with Crippen molar-refractivity contribution in [3.8, 4) is 0 Å². The van der Waals surface area contributed by atoms with Crippen LogP contribution in [0.2, 0.25) is 0 Å². The number of carbonyl (C=O) groups excluding carboxylic acids is 2. The summed E-state index contributed by atoms with van der Waals surface area (Å²) in [6.45, 7) is -1.46. The summed E-state index contributed by atoms with van der Waals surface area (Å²) in [5.41, 5.74) is 0.789. The van der Waals surface area contributed by atoms with Crippen LogP contribution in [0.1, 0.15) is 20.7 Å². The molecular weight excluding hydrogens is 471 g/mol. The average molecular weight is 491 g/mol. The second-order valence-corrected chi connectivity index (χ2v) is 9.13. The molecule has 0 aliphatic carbocycles. The maximum absolute atomic E-state index is 13.0. The van der Waals surface area contributed by atoms with Crippen LogP contribution >= 0.6 is 0 Å². The number of nitrogens with zero attached hydrogens (tertiary/aromatic N) is 1. The predicted octanol–water partition coefficient (Wildman–Crippen LogP) is 4.06. The van der Waals surface area contributed by atoms with Crippen molar-refractivity contribution in [2.75, 3.05) is 23.2 Å². The molecule has 0 unspecified atom stereocenters. The number of sulfonamides is 1. The Bertz CT molecular complexity index is 1280. The third-order valence-corrected chi connectivity index (χ3v) is 6.51. The Hall–Kier alpha value is -3.86. The minimum atomic E-state index is -4.53. The lowest BCUT2D eigenvalue weighted by Crippen LogP contribution is -2.33. The van der Waals surface area contributed by atoms with E-state index in [1.54, 1.807) is 35.6 Å². The van der Waals surface area contributed by atoms with E-state index in [1.807, 2.05) is 0 Å². The van der Waals surface area contributed by atoms with Gasteiger partial charge < -0.3 is 10.6 Å². The van der Waals surface area contributed by atoms with Gasteiger partial charge in [-0.2, -0.15) is 13.2 Å². The maximum Gasteiger partial charge on any atom is 0.405 e. The molecule has 0 atom stereocenters. The van der Waals surface area contributed by atoms with Crippen LogP contribution in [0.5, 0.6) is 0 Å². The van der Waals surface area contributed by atoms with E-state index in [0.717, 1.165) is 4.31 Å². The summed E-state index contributed by atoms with van der Waals surface area (Å²) in [6.07, 6.45) is -4.53. The summed E-state index contributed by atoms with van der Waals surface area (Å²) >= 11 is 0. The molecule has 0 saturated heterocycles. The number of hydrogen-bond acceptors (Lipinski definition) is 4. The molecule has 0 bridgehead atoms. The van der Waals surface area contributed by atoms with Crippen molar-refractivity contribution in [3.05, 3.63) is 90.0 Å². The Morgan fingerprint density at radius 2 is 1.50 bits per heavy atom. The van der Waals surface area contributed by atoms with E-state index in [4.69, 9.17) is 0 Å². The first kappa shape index (κ1) is 24.8. The summed E-state index contributed by atoms with van der Waals surface area (Å²) in [5.74, 6) is -1.51. The summed E-state index contributed by atoms with van der Waals surface area (Å²) in [7, 11) is -2.52. The molecule has 3 aromatic carbocycles. The summed E-state index contributed by atoms with van der Waals surface area (Å²) in [5, 5.41) is 4.32. The van der Waals surface area contributed by atoms with Gasteiger partial charge in [0.1, 0.15) is 6.54 Å². The molecule has 34 heavy (non-hydrogen) atoms. The number of rotatable bonds is 7. The predicted molar refractivity (Wildman–Crippen MR) is 121 cm³/mol. The average Bonchev–Trinajstić information content (AvgIpc) is 2.82. The highest BCUT2D eigenvalue weighted by atomic mass is 32.2. The van der Waals surface area contributed by atoms with Gasteiger partial charge in [0.2, 0.25) is 0 Å². The van der Waals surface area contributed by atoms with Crippen LogP contribution in [0.3, 0.4) is 0 Å². The van der Waals surface area contributed by atoms with Gasteiger partial charge in [-0.15, -0.1) is 0 Å². The molecule has 7 nitrogen and oxygen atoms in total. The SMILES string of the molecule is CN(c1ccccc1)S(=O)(=O)c1cccc(C(=O)Nc2ccc(C(=O)NCC(F)(F)F)cc2)c1. The molecule has 0 radical (unpaired) electrons. The van der Waals surface area contributed by atoms with Gasteiger partial charge in [-0.25, -0.2) is 8.42 Å². The molecule has 0 aliphatic heterocycles. The molecule has 0 spiro atoms. The molecule has 0 heterocycles. The van der Waals surface area contributed by atoms with Crippen molar-refractivity contribution in [1.82, 2.24) is 5.32 Å². The molecule has 2 N–H and O–H groups in total. The van der Waals surface area contributed by atoms with Crippen LogP contribution in [-0.2, 0) is 10.0 Å². The van der Waals surface area contributed by atoms with Gasteiger partial charge in [0.15, 0.2) is 0 Å². The van der Waals surface area contributed by atoms with Crippen LogP contribution < -0.4 is 14.9 Å². The number of nitrogens with one attached hydrogen (secondary N) is 2. The highest BCUT2D eigenvalue weighted by Crippen LogP contribution is 2.23. The van der Waals surface area contributed by atoms with E-state index >= 15 is 0 Å². The minimum Gasteiger partial charge on any atom is -0.343 e. The van der Waals surface area contributed by atoms with Gasteiger partial charge in [-0.05, 0) is 54.6 Å². The molecule has 0 fully saturated rings. The molecular formula is C23H20F3N3O4S. The van der Waals surface area contributed by atoms with Crippen molar-refractivity contribution in [1.29, 1.82) is 0 Å². The minimum absolute atomic E-state index is 0.0145. The largest absolute Gasteiger partial charge is 0.405 e. The number of halogens is 3. The highest BCUT2D eigenvalue weighted by Gasteiger charge is 2.28. The Balaban J connectivity index is 1.71. The van der Waals surface area contributed by atoms with Gasteiger partial charge in [-0.3, -0.25) is 13.9 Å². The van der Waals surface area contributed by atoms with E-state index in [2.05, 4.69) is 5.32 Å². The monoisotopic (exact) mass is 491 g/mol. The third kappa shape index (κ3) is 6.13. The summed E-state index contributed by atoms with van der Waals surface area (Å²) < 4.78 is 63.7. The molecule has 0 aliphatic rings. The fraction of sp³-hybridized carbons (Fsp3) is 0.130. The van der Waals surface area contributed by atoms with Crippen molar-refractivity contribution >= 4 is 33.2 Å². The lowest BCUT2D eigenvalue weighted by molar-refractivity contribution is -0.123. The lowest BCUT2D eigenvalue weighted by atomic mass is 10.1. The smallest absolute Gasteiger partial charge is 0.343 e. The Labute approximate surface area is 194 Å². The molecule has 0 saturated carbocycles. The quantitative estimate of drug-likeness (QED) is 0.521. The van der Waals surface area contributed by atoms with Gasteiger partial charge in [0, 0.05) is 23.9 Å². The highest BCUT2D eigenvalue weighted by molar-refractivity contribution is 7.92. The number of anilines is 2. The number of alkyl halides is 3. The van der Waals surface area contributed by atoms with E-state index in [9.17, 15) is 31.2 Å². The summed E-state index contributed by atoms with van der Waals surface area (Å²) in [4.78, 5) is 24.3. The van der Waals surface area contributed by atoms with Gasteiger partial charge in [0.25, 0.3) is 21.8 Å². The molecule has 3 rings (SSSR count). The number of para-hydroxylation sites is 1. The van der Waals surface area contributed by atoms with Crippen molar-refractivity contribution < 1.29 is 31.2 Å². The van der Waals surface area contributed by atoms with Crippen molar-refractivity contribution in [2.24, 2.45) is 0 Å². The zero-order valence-electron chi connectivity index (χ0n) is 17.8. The Kier molecular flexibility index (Phi) is 7.26. The van der Waals surface area contributed by atoms with Gasteiger partial charge in [-0.1, -0.05) is 24.3 Å². The van der Waals surface area contributed by atoms with Crippen LogP contribution in [-0.4, -0.2) is 40.0 Å². The number of hydrogen-bond donors (Lipinski definition) is 2. The number of benzene rings is 3. The maximum atomic E-state index is 13.0. The molecule has 11 heteroatoms. The zero-order chi connectivity index (χ0) is 24.9. The van der Waals surface area contributed by atoms with Crippen molar-refractivity contribution in [3.63, 3.8) is 0 Å². The van der Waals surface area contributed by atoms with Crippen molar-refractivity contribution in [2.45, 2.75) is 11.1 Å². The molecule has 3 aromatic rings. The first-order chi connectivity index (χ1) is 16.0. The van der Waals surface area contributed by atoms with Gasteiger partial charge >= 0.3 is 6.18 Å². The topological polar surface area (TPSA) is 95.6 Å². The van der Waals surface area contributed by atoms with E-state index < -0.39 is 34.6 Å². The first-order valence-electron chi connectivity index (χ1n) is 9.88. The molecule has 2 amide bonds. The first-order valence-corrected chi connectivity index (χ1v) is 11.3. The normalized spacial score (nSPS) is 11.5. The second-order valence-electron chi connectivity index (χ2n) is 7.17. The fourth-order valence-corrected chi connectivity index (χ4v) is 4.17. The van der Waals surface area contributed by atoms with E-state index in [0.29, 0.717) is 5.69 Å². The third-order valence-electron chi connectivity index (χ3n) is 4.73. The van der Waals surface area contributed by atoms with E-state index in [-0.39, 0.29) is 21.7 Å². The number of carbonyl (C=O) groups is 2. The molecule has 0 aromatic heterocycles. The zero-order valence-corrected chi connectivity index (χ0v) is 18.7. The van der Waals surface area contributed by atoms with E-state index in [1.165, 1.54) is 55.6 Å². The number of amides is 2. The van der Waals surface area contributed by atoms with Gasteiger partial charge in [0.05, 0.1) is 10.6 Å². The lowest BCUT2D eigenvalue weighted by Gasteiger charge is -2.19. The second kappa shape index (κ2) is 9.96. The van der Waals surface area contributed by atoms with Crippen LogP contribution in [0.4, 0.5) is 24.5 Å². The van der Waals surface area contributed by atoms with Crippen LogP contribution in [0.25, 0.3) is 0 Å². The molecule has 178 valence electrons. The Morgan fingerprint density at radius 1 is 0.853 bits per heavy atom. The standard InChI is InChI=1S/C23H20F3N3O4S/c1-29(19-7-3-2-4-8-19)34(32,33)20-9-5-6-17(14-20)22(31)28-18-12-10-16(11-13-18)21(30)27-15-23(24,25)26/h2-14H,15H2,1H3,(H,27,30)(H,28,31). The van der Waals surface area contributed by atoms with Crippen LogP contribution in [0.15, 0.2) is 83.8 Å². The summed E-state index contributed by atoms with van der Waals surface area (Å²) in [6, 6.07) is 19.2. The van der Waals surface area contributed by atoms with Crippen LogP contribution in [0, 0.1) is 0 Å².